The molecule has 0 radical (unpaired) electrons. The number of hydrogen-bond donors (Lipinski definition) is 2. The number of nitrogens with zero attached hydrogens (tertiary/aromatic N) is 5. The van der Waals surface area contributed by atoms with E-state index in [1.54, 1.807) is 51.3 Å². The smallest absolute Gasteiger partial charge is 0.342 e. The minimum absolute atomic E-state index is 0.0779. The molecule has 0 saturated carbocycles. The third-order valence-corrected chi connectivity index (χ3v) is 8.34. The van der Waals surface area contributed by atoms with E-state index in [-0.39, 0.29) is 23.1 Å². The Morgan fingerprint density at radius 3 is 2.58 bits per heavy atom. The van der Waals surface area contributed by atoms with Gasteiger partial charge in [-0.1, -0.05) is 24.8 Å². The van der Waals surface area contributed by atoms with Crippen molar-refractivity contribution in [3.05, 3.63) is 67.0 Å². The largest absolute Gasteiger partial charge is 0.494 e. The molecule has 0 unspecified atom stereocenters. The first-order chi connectivity index (χ1) is 22.9. The van der Waals surface area contributed by atoms with Gasteiger partial charge in [0.1, 0.15) is 11.3 Å². The van der Waals surface area contributed by atoms with E-state index in [0.29, 0.717) is 45.4 Å². The molecule has 6 rings (SSSR count). The fourth-order valence-electron chi connectivity index (χ4n) is 6.37. The minimum Gasteiger partial charge on any atom is -0.494 e. The van der Waals surface area contributed by atoms with Crippen molar-refractivity contribution in [1.29, 1.82) is 0 Å². The Balaban J connectivity index is 1.43. The van der Waals surface area contributed by atoms with Gasteiger partial charge in [0.25, 0.3) is 0 Å². The molecule has 11 nitrogen and oxygen atoms in total. The molecule has 2 aliphatic rings. The Morgan fingerprint density at radius 1 is 1.13 bits per heavy atom. The third-order valence-electron chi connectivity index (χ3n) is 8.34. The number of methoxy groups -OCH3 is 1. The van der Waals surface area contributed by atoms with Crippen LogP contribution in [0, 0.1) is 11.8 Å². The van der Waals surface area contributed by atoms with E-state index >= 15 is 0 Å². The summed E-state index contributed by atoms with van der Waals surface area (Å²) in [6.07, 6.45) is 3.64. The molecule has 2 atom stereocenters. The Morgan fingerprint density at radius 2 is 1.89 bits per heavy atom. The van der Waals surface area contributed by atoms with Crippen molar-refractivity contribution in [2.75, 3.05) is 55.9 Å². The molecule has 1 amide bonds. The topological polar surface area (TPSA) is 114 Å². The number of esters is 1. The van der Waals surface area contributed by atoms with Crippen LogP contribution >= 0.6 is 0 Å². The van der Waals surface area contributed by atoms with Crippen molar-refractivity contribution in [1.82, 2.24) is 19.4 Å². The van der Waals surface area contributed by atoms with Gasteiger partial charge in [-0.25, -0.2) is 14.8 Å². The van der Waals surface area contributed by atoms with Crippen LogP contribution in [0.5, 0.6) is 5.75 Å². The van der Waals surface area contributed by atoms with Crippen LogP contribution in [0.2, 0.25) is 0 Å². The molecule has 0 spiro atoms. The van der Waals surface area contributed by atoms with Gasteiger partial charge in [0, 0.05) is 72.2 Å². The fourth-order valence-corrected chi connectivity index (χ4v) is 6.37. The Hall–Kier alpha value is -4.90. The van der Waals surface area contributed by atoms with Crippen molar-refractivity contribution in [3.63, 3.8) is 0 Å². The normalized spacial score (nSPS) is 19.1. The zero-order valence-electron chi connectivity index (χ0n) is 28.8. The third kappa shape index (κ3) is 5.95. The molecule has 0 bridgehead atoms. The van der Waals surface area contributed by atoms with Gasteiger partial charge >= 0.3 is 5.97 Å². The minimum atomic E-state index is -2.48. The first kappa shape index (κ1) is 26.5. The van der Waals surface area contributed by atoms with Crippen LogP contribution in [-0.2, 0) is 16.5 Å². The van der Waals surface area contributed by atoms with Crippen LogP contribution in [0.4, 0.5) is 23.0 Å². The molecule has 2 aromatic carbocycles. The second kappa shape index (κ2) is 12.2. The summed E-state index contributed by atoms with van der Waals surface area (Å²) in [5.74, 6) is 0.668. The van der Waals surface area contributed by atoms with Gasteiger partial charge in [-0.15, -0.1) is 0 Å². The Bertz CT molecular complexity index is 1880. The quantitative estimate of drug-likeness (QED) is 0.197. The number of hydrogen-bond acceptors (Lipinski definition) is 9. The molecule has 2 fully saturated rings. The van der Waals surface area contributed by atoms with E-state index in [9.17, 15) is 9.59 Å². The van der Waals surface area contributed by atoms with Gasteiger partial charge in [0.2, 0.25) is 11.9 Å². The highest BCUT2D eigenvalue weighted by Crippen LogP contribution is 2.42. The summed E-state index contributed by atoms with van der Waals surface area (Å²) >= 11 is 0. The number of aryl methyl sites for hydroxylation is 1. The summed E-state index contributed by atoms with van der Waals surface area (Å²) in [4.78, 5) is 39.6. The van der Waals surface area contributed by atoms with Gasteiger partial charge in [-0.2, -0.15) is 0 Å². The number of anilines is 4. The molecular formula is C34H39N7O4. The second-order valence-electron chi connectivity index (χ2n) is 11.9. The van der Waals surface area contributed by atoms with Crippen LogP contribution in [-0.4, -0.2) is 77.8 Å². The first-order valence-electron chi connectivity index (χ1n) is 16.4. The lowest BCUT2D eigenvalue weighted by atomic mass is 10.0. The first-order valence-corrected chi connectivity index (χ1v) is 14.9. The molecule has 45 heavy (non-hydrogen) atoms. The second-order valence-corrected chi connectivity index (χ2v) is 11.9. The van der Waals surface area contributed by atoms with Gasteiger partial charge in [0.05, 0.1) is 36.0 Å². The maximum atomic E-state index is 13.3. The van der Waals surface area contributed by atoms with Gasteiger partial charge in [-0.3, -0.25) is 4.79 Å². The number of amides is 1. The summed E-state index contributed by atoms with van der Waals surface area (Å²) in [7, 11) is 3.70. The maximum absolute atomic E-state index is 13.3. The number of carbonyl (C=O) groups is 2. The van der Waals surface area contributed by atoms with Crippen molar-refractivity contribution in [3.8, 4) is 17.0 Å². The van der Waals surface area contributed by atoms with Gasteiger partial charge in [0.15, 0.2) is 0 Å². The molecule has 2 aliphatic heterocycles. The van der Waals surface area contributed by atoms with E-state index in [2.05, 4.69) is 39.0 Å². The number of para-hydroxylation sites is 1. The van der Waals surface area contributed by atoms with E-state index in [1.165, 1.54) is 23.0 Å². The number of likely N-dealkylation sites (tertiary alicyclic amines) is 1. The highest BCUT2D eigenvalue weighted by atomic mass is 16.5. The number of nitrogens with one attached hydrogen (secondary N) is 2. The summed E-state index contributed by atoms with van der Waals surface area (Å²) in [6.45, 7) is 8.37. The lowest BCUT2D eigenvalue weighted by molar-refractivity contribution is -0.111. The fraction of sp³-hybridized carbons (Fsp3) is 0.353. The molecule has 4 heterocycles. The molecule has 4 aromatic rings. The van der Waals surface area contributed by atoms with E-state index in [1.807, 2.05) is 6.07 Å². The zero-order valence-corrected chi connectivity index (χ0v) is 25.8. The predicted molar refractivity (Wildman–Crippen MR) is 176 cm³/mol. The number of rotatable bonds is 9. The van der Waals surface area contributed by atoms with Crippen molar-refractivity contribution in [2.24, 2.45) is 18.8 Å². The molecule has 2 saturated heterocycles. The Kier molecular flexibility index (Phi) is 7.21. The standard InChI is InChI=1S/C34H39N7O4/c1-7-31(42)36-26-12-27(30(44-6)13-29(26)41-17-21-15-39(4)16-22(21)18-41)37-34-35-14-24(33(43)45-20(2)3)32(38-34)25-19-40(5)28-11-9-8-10-23(25)28/h7-14,19-22H,1,15-18H2,2-6H3,(H,36,42)(H,35,37,38)/t21-,22+/i5D3. The van der Waals surface area contributed by atoms with E-state index < -0.39 is 19.0 Å². The number of fused-ring (bicyclic) bond motifs is 2. The Labute approximate surface area is 267 Å². The van der Waals surface area contributed by atoms with Crippen molar-refractivity contribution < 1.29 is 23.2 Å². The summed E-state index contributed by atoms with van der Waals surface area (Å²) < 4.78 is 36.8. The average molecular weight is 613 g/mol. The number of benzene rings is 2. The monoisotopic (exact) mass is 612 g/mol. The highest BCUT2D eigenvalue weighted by Gasteiger charge is 2.39. The van der Waals surface area contributed by atoms with E-state index in [4.69, 9.17) is 18.6 Å². The molecule has 234 valence electrons. The lowest BCUT2D eigenvalue weighted by Crippen LogP contribution is -2.27. The molecular weight excluding hydrogens is 570 g/mol. The average Bonchev–Trinajstić information content (AvgIpc) is 3.72. The van der Waals surface area contributed by atoms with Crippen molar-refractivity contribution >= 4 is 45.8 Å². The predicted octanol–water partition coefficient (Wildman–Crippen LogP) is 5.08. The number of carbonyl (C=O) groups excluding carboxylic acids is 2. The molecule has 2 aromatic heterocycles. The molecule has 11 heteroatoms. The number of ether oxygens (including phenoxy) is 2. The van der Waals surface area contributed by atoms with Crippen LogP contribution < -0.4 is 20.3 Å². The maximum Gasteiger partial charge on any atom is 0.342 e. The van der Waals surface area contributed by atoms with Gasteiger partial charge < -0.3 is 34.5 Å². The summed E-state index contributed by atoms with van der Waals surface area (Å²) in [6, 6.07) is 10.7. The lowest BCUT2D eigenvalue weighted by Gasteiger charge is -2.26. The summed E-state index contributed by atoms with van der Waals surface area (Å²) in [5.41, 5.74) is 3.02. The van der Waals surface area contributed by atoms with E-state index in [0.717, 1.165) is 31.9 Å². The van der Waals surface area contributed by atoms with Crippen LogP contribution in [0.25, 0.3) is 22.2 Å². The summed E-state index contributed by atoms with van der Waals surface area (Å²) in [5, 5.41) is 6.74. The van der Waals surface area contributed by atoms with Crippen molar-refractivity contribution in [2.45, 2.75) is 20.0 Å². The van der Waals surface area contributed by atoms with Gasteiger partial charge in [-0.05, 0) is 50.9 Å². The molecule has 2 N–H and O–H groups in total. The number of aromatic nitrogens is 3. The van der Waals surface area contributed by atoms with Crippen LogP contribution in [0.3, 0.4) is 0 Å². The highest BCUT2D eigenvalue weighted by molar-refractivity contribution is 6.04. The SMILES string of the molecule is [2H]C([2H])([2H])n1cc(-c2nc(Nc3cc(NC(=O)C=C)c(N4C[C@H]5CN(C)C[C@H]5C4)cc3OC)ncc2C(=O)OC(C)C)c2ccccc21. The molecule has 0 aliphatic carbocycles. The van der Waals surface area contributed by atoms with Crippen LogP contribution in [0.1, 0.15) is 28.3 Å². The zero-order chi connectivity index (χ0) is 34.3. The van der Waals surface area contributed by atoms with Crippen LogP contribution in [0.15, 0.2) is 61.4 Å².